The Bertz CT molecular complexity index is 501. The zero-order valence-electron chi connectivity index (χ0n) is 10.1. The van der Waals surface area contributed by atoms with E-state index in [-0.39, 0.29) is 16.5 Å². The van der Waals surface area contributed by atoms with Crippen molar-refractivity contribution in [2.24, 2.45) is 0 Å². The molecule has 1 N–H and O–H groups in total. The standard InChI is InChI=1S/C13H15F2NO/c1-13(2,3)16-7-8-6-9-10(14)4-5-11(15)12(9)17-8/h4-6,16H,7H2,1-3H3. The lowest BCUT2D eigenvalue weighted by Gasteiger charge is -2.19. The summed E-state index contributed by atoms with van der Waals surface area (Å²) in [6.45, 7) is 6.47. The van der Waals surface area contributed by atoms with E-state index in [1.807, 2.05) is 20.8 Å². The van der Waals surface area contributed by atoms with Crippen molar-refractivity contribution in [3.05, 3.63) is 35.6 Å². The molecule has 92 valence electrons. The van der Waals surface area contributed by atoms with Crippen LogP contribution in [0.15, 0.2) is 22.6 Å². The first-order valence-electron chi connectivity index (χ1n) is 5.48. The molecule has 2 nitrogen and oxygen atoms in total. The van der Waals surface area contributed by atoms with Crippen molar-refractivity contribution >= 4 is 11.0 Å². The Morgan fingerprint density at radius 3 is 2.41 bits per heavy atom. The maximum absolute atomic E-state index is 13.4. The molecule has 0 aliphatic rings. The summed E-state index contributed by atoms with van der Waals surface area (Å²) in [6.07, 6.45) is 0. The van der Waals surface area contributed by atoms with Gasteiger partial charge in [0.05, 0.1) is 11.9 Å². The number of rotatable bonds is 2. The SMILES string of the molecule is CC(C)(C)NCc1cc2c(F)ccc(F)c2o1. The predicted molar refractivity (Wildman–Crippen MR) is 62.7 cm³/mol. The van der Waals surface area contributed by atoms with Crippen molar-refractivity contribution in [2.45, 2.75) is 32.9 Å². The lowest BCUT2D eigenvalue weighted by atomic mass is 10.1. The number of fused-ring (bicyclic) bond motifs is 1. The first-order valence-corrected chi connectivity index (χ1v) is 5.48. The predicted octanol–water partition coefficient (Wildman–Crippen LogP) is 3.60. The summed E-state index contributed by atoms with van der Waals surface area (Å²) in [7, 11) is 0. The Hall–Kier alpha value is -1.42. The number of hydrogen-bond acceptors (Lipinski definition) is 2. The van der Waals surface area contributed by atoms with E-state index < -0.39 is 11.6 Å². The minimum absolute atomic E-state index is 0.0179. The van der Waals surface area contributed by atoms with Crippen LogP contribution in [-0.4, -0.2) is 5.54 Å². The third-order valence-corrected chi connectivity index (χ3v) is 2.43. The third kappa shape index (κ3) is 2.64. The van der Waals surface area contributed by atoms with E-state index in [1.165, 1.54) is 6.07 Å². The molecule has 1 aromatic carbocycles. The summed E-state index contributed by atoms with van der Waals surface area (Å²) in [4.78, 5) is 0. The minimum Gasteiger partial charge on any atom is -0.457 e. The molecule has 2 aromatic rings. The number of halogens is 2. The molecule has 0 aliphatic heterocycles. The van der Waals surface area contributed by atoms with Gasteiger partial charge in [-0.05, 0) is 39.0 Å². The maximum atomic E-state index is 13.4. The fourth-order valence-corrected chi connectivity index (χ4v) is 1.55. The Balaban J connectivity index is 2.32. The monoisotopic (exact) mass is 239 g/mol. The second kappa shape index (κ2) is 4.11. The smallest absolute Gasteiger partial charge is 0.172 e. The largest absolute Gasteiger partial charge is 0.457 e. The molecule has 2 rings (SSSR count). The Labute approximate surface area is 98.6 Å². The van der Waals surface area contributed by atoms with Crippen LogP contribution in [0.3, 0.4) is 0 Å². The summed E-state index contributed by atoms with van der Waals surface area (Å²) < 4.78 is 32.1. The zero-order valence-corrected chi connectivity index (χ0v) is 10.1. The Kier molecular flexibility index (Phi) is 2.91. The maximum Gasteiger partial charge on any atom is 0.172 e. The van der Waals surface area contributed by atoms with E-state index in [1.54, 1.807) is 0 Å². The summed E-state index contributed by atoms with van der Waals surface area (Å²) in [6, 6.07) is 3.71. The van der Waals surface area contributed by atoms with Gasteiger partial charge in [-0.1, -0.05) is 0 Å². The quantitative estimate of drug-likeness (QED) is 0.866. The van der Waals surface area contributed by atoms with Crippen molar-refractivity contribution < 1.29 is 13.2 Å². The molecular weight excluding hydrogens is 224 g/mol. The molecule has 0 unspecified atom stereocenters. The second-order valence-electron chi connectivity index (χ2n) is 5.09. The van der Waals surface area contributed by atoms with Crippen LogP contribution in [0.25, 0.3) is 11.0 Å². The molecule has 0 radical (unpaired) electrons. The van der Waals surface area contributed by atoms with E-state index in [0.29, 0.717) is 12.3 Å². The molecule has 0 saturated heterocycles. The lowest BCUT2D eigenvalue weighted by Crippen LogP contribution is -2.34. The molecule has 0 saturated carbocycles. The highest BCUT2D eigenvalue weighted by Crippen LogP contribution is 2.25. The zero-order chi connectivity index (χ0) is 12.6. The van der Waals surface area contributed by atoms with Gasteiger partial charge in [0.2, 0.25) is 0 Å². The molecular formula is C13H15F2NO. The minimum atomic E-state index is -0.539. The van der Waals surface area contributed by atoms with Crippen LogP contribution in [0.4, 0.5) is 8.78 Å². The highest BCUT2D eigenvalue weighted by Gasteiger charge is 2.14. The molecule has 0 spiro atoms. The average molecular weight is 239 g/mol. The molecule has 0 atom stereocenters. The van der Waals surface area contributed by atoms with Crippen molar-refractivity contribution in [2.75, 3.05) is 0 Å². The van der Waals surface area contributed by atoms with Gasteiger partial charge in [0.25, 0.3) is 0 Å². The molecule has 0 bridgehead atoms. The van der Waals surface area contributed by atoms with Crippen LogP contribution in [-0.2, 0) is 6.54 Å². The van der Waals surface area contributed by atoms with Gasteiger partial charge < -0.3 is 9.73 Å². The third-order valence-electron chi connectivity index (χ3n) is 2.43. The van der Waals surface area contributed by atoms with Crippen LogP contribution >= 0.6 is 0 Å². The van der Waals surface area contributed by atoms with Gasteiger partial charge in [-0.2, -0.15) is 0 Å². The summed E-state index contributed by atoms with van der Waals surface area (Å²) in [5, 5.41) is 3.39. The number of hydrogen-bond donors (Lipinski definition) is 1. The highest BCUT2D eigenvalue weighted by molar-refractivity contribution is 5.79. The summed E-state index contributed by atoms with van der Waals surface area (Å²) in [5.74, 6) is -0.477. The topological polar surface area (TPSA) is 25.2 Å². The van der Waals surface area contributed by atoms with E-state index >= 15 is 0 Å². The van der Waals surface area contributed by atoms with Crippen LogP contribution in [0.2, 0.25) is 0 Å². The highest BCUT2D eigenvalue weighted by atomic mass is 19.1. The van der Waals surface area contributed by atoms with Crippen molar-refractivity contribution in [1.82, 2.24) is 5.32 Å². The van der Waals surface area contributed by atoms with Gasteiger partial charge in [0.15, 0.2) is 11.4 Å². The van der Waals surface area contributed by atoms with Crippen molar-refractivity contribution in [3.8, 4) is 0 Å². The summed E-state index contributed by atoms with van der Waals surface area (Å²) in [5.41, 5.74) is -0.0912. The van der Waals surface area contributed by atoms with Crippen LogP contribution in [0, 0.1) is 11.6 Å². The Morgan fingerprint density at radius 2 is 1.82 bits per heavy atom. The number of nitrogens with one attached hydrogen (secondary N) is 1. The first-order chi connectivity index (χ1) is 7.87. The fraction of sp³-hybridized carbons (Fsp3) is 0.385. The normalized spacial score (nSPS) is 12.3. The fourth-order valence-electron chi connectivity index (χ4n) is 1.55. The van der Waals surface area contributed by atoms with Crippen LogP contribution in [0.5, 0.6) is 0 Å². The van der Waals surface area contributed by atoms with Gasteiger partial charge in [-0.3, -0.25) is 0 Å². The van der Waals surface area contributed by atoms with Gasteiger partial charge >= 0.3 is 0 Å². The number of benzene rings is 1. The molecule has 0 fully saturated rings. The number of furan rings is 1. The van der Waals surface area contributed by atoms with Gasteiger partial charge in [-0.15, -0.1) is 0 Å². The van der Waals surface area contributed by atoms with Gasteiger partial charge in [-0.25, -0.2) is 8.78 Å². The first kappa shape index (κ1) is 12.0. The van der Waals surface area contributed by atoms with Crippen LogP contribution < -0.4 is 5.32 Å². The molecule has 0 amide bonds. The Morgan fingerprint density at radius 1 is 1.18 bits per heavy atom. The van der Waals surface area contributed by atoms with E-state index in [0.717, 1.165) is 12.1 Å². The molecule has 1 heterocycles. The van der Waals surface area contributed by atoms with Crippen molar-refractivity contribution in [3.63, 3.8) is 0 Å². The molecule has 4 heteroatoms. The lowest BCUT2D eigenvalue weighted by molar-refractivity contribution is 0.393. The second-order valence-corrected chi connectivity index (χ2v) is 5.09. The van der Waals surface area contributed by atoms with Crippen molar-refractivity contribution in [1.29, 1.82) is 0 Å². The molecule has 17 heavy (non-hydrogen) atoms. The summed E-state index contributed by atoms with van der Waals surface area (Å²) >= 11 is 0. The molecule has 1 aromatic heterocycles. The van der Waals surface area contributed by atoms with E-state index in [9.17, 15) is 8.78 Å². The molecule has 0 aliphatic carbocycles. The van der Waals surface area contributed by atoms with Gasteiger partial charge in [0, 0.05) is 5.54 Å². The van der Waals surface area contributed by atoms with E-state index in [4.69, 9.17) is 4.42 Å². The van der Waals surface area contributed by atoms with Crippen LogP contribution in [0.1, 0.15) is 26.5 Å². The van der Waals surface area contributed by atoms with Gasteiger partial charge in [0.1, 0.15) is 11.6 Å². The van der Waals surface area contributed by atoms with E-state index in [2.05, 4.69) is 5.32 Å². The average Bonchev–Trinajstić information content (AvgIpc) is 2.65.